The Hall–Kier alpha value is -2.08. The summed E-state index contributed by atoms with van der Waals surface area (Å²) in [5.74, 6) is -0.362. The summed E-state index contributed by atoms with van der Waals surface area (Å²) in [5.41, 5.74) is 9.01. The van der Waals surface area contributed by atoms with Crippen LogP contribution in [0.4, 0.5) is 10.5 Å². The molecule has 1 heterocycles. The first-order chi connectivity index (χ1) is 9.10. The molecule has 0 aliphatic carbocycles. The van der Waals surface area contributed by atoms with Crippen LogP contribution in [-0.2, 0) is 22.5 Å². The molecule has 2 amide bonds. The molecular weight excluding hydrogens is 246 g/mol. The third-order valence-electron chi connectivity index (χ3n) is 3.18. The van der Waals surface area contributed by atoms with Crippen molar-refractivity contribution < 1.29 is 14.3 Å². The number of nitrogens with two attached hydrogens (primary N) is 1. The van der Waals surface area contributed by atoms with Gasteiger partial charge in [0.2, 0.25) is 5.91 Å². The van der Waals surface area contributed by atoms with Crippen molar-refractivity contribution in [1.29, 1.82) is 0 Å². The number of benzene rings is 1. The maximum Gasteiger partial charge on any atom is 0.413 e. The number of nitrogen functional groups attached to an aromatic ring is 1. The van der Waals surface area contributed by atoms with Gasteiger partial charge in [-0.3, -0.25) is 15.0 Å². The average Bonchev–Trinajstić information content (AvgIpc) is 2.38. The Morgan fingerprint density at radius 1 is 1.47 bits per heavy atom. The molecule has 0 atom stereocenters. The second kappa shape index (κ2) is 5.71. The summed E-state index contributed by atoms with van der Waals surface area (Å²) >= 11 is 0. The first kappa shape index (κ1) is 13.4. The van der Waals surface area contributed by atoms with Crippen LogP contribution in [0, 0.1) is 0 Å². The van der Waals surface area contributed by atoms with Gasteiger partial charge < -0.3 is 10.5 Å². The zero-order valence-corrected chi connectivity index (χ0v) is 10.8. The van der Waals surface area contributed by atoms with Gasteiger partial charge in [-0.15, -0.1) is 0 Å². The SMILES string of the molecule is COC(=O)NC(=O)CN1CCc2c(N)cccc2C1. The van der Waals surface area contributed by atoms with Gasteiger partial charge in [-0.1, -0.05) is 12.1 Å². The van der Waals surface area contributed by atoms with Crippen LogP contribution >= 0.6 is 0 Å². The first-order valence-electron chi connectivity index (χ1n) is 6.06. The lowest BCUT2D eigenvalue weighted by Gasteiger charge is -2.28. The highest BCUT2D eigenvalue weighted by Gasteiger charge is 2.20. The molecule has 0 saturated carbocycles. The van der Waals surface area contributed by atoms with Crippen LogP contribution in [0.15, 0.2) is 18.2 Å². The molecule has 19 heavy (non-hydrogen) atoms. The van der Waals surface area contributed by atoms with Crippen molar-refractivity contribution in [2.75, 3.05) is 25.9 Å². The molecule has 3 N–H and O–H groups in total. The number of imide groups is 1. The number of rotatable bonds is 2. The second-order valence-electron chi connectivity index (χ2n) is 4.49. The number of ether oxygens (including phenoxy) is 1. The number of hydrogen-bond acceptors (Lipinski definition) is 5. The van der Waals surface area contributed by atoms with E-state index in [9.17, 15) is 9.59 Å². The summed E-state index contributed by atoms with van der Waals surface area (Å²) in [6.45, 7) is 1.58. The Labute approximate surface area is 111 Å². The van der Waals surface area contributed by atoms with Crippen molar-refractivity contribution in [2.45, 2.75) is 13.0 Å². The lowest BCUT2D eigenvalue weighted by molar-refractivity contribution is -0.121. The van der Waals surface area contributed by atoms with E-state index < -0.39 is 6.09 Å². The van der Waals surface area contributed by atoms with E-state index >= 15 is 0 Å². The van der Waals surface area contributed by atoms with Crippen molar-refractivity contribution in [2.24, 2.45) is 0 Å². The maximum absolute atomic E-state index is 11.6. The van der Waals surface area contributed by atoms with E-state index in [1.807, 2.05) is 23.1 Å². The third kappa shape index (κ3) is 3.23. The summed E-state index contributed by atoms with van der Waals surface area (Å²) in [7, 11) is 1.22. The van der Waals surface area contributed by atoms with Crippen molar-refractivity contribution in [3.8, 4) is 0 Å². The molecule has 1 aliphatic heterocycles. The quantitative estimate of drug-likeness (QED) is 0.759. The number of hydrogen-bond donors (Lipinski definition) is 2. The smallest absolute Gasteiger partial charge is 0.413 e. The van der Waals surface area contributed by atoms with E-state index in [2.05, 4.69) is 10.1 Å². The minimum absolute atomic E-state index is 0.170. The lowest BCUT2D eigenvalue weighted by atomic mass is 9.98. The topological polar surface area (TPSA) is 84.7 Å². The predicted octanol–water partition coefficient (Wildman–Crippen LogP) is 0.509. The summed E-state index contributed by atoms with van der Waals surface area (Å²) < 4.78 is 4.38. The van der Waals surface area contributed by atoms with Gasteiger partial charge in [0.1, 0.15) is 0 Å². The number of methoxy groups -OCH3 is 1. The van der Waals surface area contributed by atoms with Crippen molar-refractivity contribution >= 4 is 17.7 Å². The number of anilines is 1. The lowest BCUT2D eigenvalue weighted by Crippen LogP contribution is -2.42. The van der Waals surface area contributed by atoms with Gasteiger partial charge in [0.05, 0.1) is 13.7 Å². The first-order valence-corrected chi connectivity index (χ1v) is 6.06. The molecule has 0 aromatic heterocycles. The molecule has 1 aromatic carbocycles. The fraction of sp³-hybridized carbons (Fsp3) is 0.385. The van der Waals surface area contributed by atoms with Crippen LogP contribution in [0.3, 0.4) is 0 Å². The Kier molecular flexibility index (Phi) is 4.01. The van der Waals surface area contributed by atoms with E-state index in [0.29, 0.717) is 6.54 Å². The molecule has 0 saturated heterocycles. The van der Waals surface area contributed by atoms with Gasteiger partial charge in [0.25, 0.3) is 0 Å². The zero-order valence-electron chi connectivity index (χ0n) is 10.8. The monoisotopic (exact) mass is 263 g/mol. The predicted molar refractivity (Wildman–Crippen MR) is 70.4 cm³/mol. The van der Waals surface area contributed by atoms with E-state index in [0.717, 1.165) is 29.8 Å². The third-order valence-corrected chi connectivity index (χ3v) is 3.18. The minimum Gasteiger partial charge on any atom is -0.453 e. The van der Waals surface area contributed by atoms with Crippen LogP contribution < -0.4 is 11.1 Å². The molecule has 0 radical (unpaired) electrons. The number of nitrogens with one attached hydrogen (secondary N) is 1. The summed E-state index contributed by atoms with van der Waals surface area (Å²) in [6, 6.07) is 5.81. The van der Waals surface area contributed by atoms with Crippen LogP contribution in [0.5, 0.6) is 0 Å². The summed E-state index contributed by atoms with van der Waals surface area (Å²) in [6.07, 6.45) is 0.0831. The average molecular weight is 263 g/mol. The van der Waals surface area contributed by atoms with Gasteiger partial charge in [-0.25, -0.2) is 4.79 Å². The van der Waals surface area contributed by atoms with Crippen molar-refractivity contribution in [3.63, 3.8) is 0 Å². The molecule has 102 valence electrons. The van der Waals surface area contributed by atoms with Gasteiger partial charge in [-0.2, -0.15) is 0 Å². The largest absolute Gasteiger partial charge is 0.453 e. The number of carbonyl (C=O) groups is 2. The molecule has 0 bridgehead atoms. The molecule has 2 rings (SSSR count). The number of nitrogens with zero attached hydrogens (tertiary/aromatic N) is 1. The number of carbonyl (C=O) groups excluding carboxylic acids is 2. The highest BCUT2D eigenvalue weighted by molar-refractivity contribution is 5.92. The molecule has 1 aromatic rings. The summed E-state index contributed by atoms with van der Waals surface area (Å²) in [5, 5.41) is 2.15. The Bertz CT molecular complexity index is 502. The molecule has 0 fully saturated rings. The van der Waals surface area contributed by atoms with Crippen LogP contribution in [0.25, 0.3) is 0 Å². The van der Waals surface area contributed by atoms with E-state index in [-0.39, 0.29) is 12.5 Å². The fourth-order valence-corrected chi connectivity index (χ4v) is 2.24. The number of alkyl carbamates (subject to hydrolysis) is 1. The van der Waals surface area contributed by atoms with Crippen LogP contribution in [0.2, 0.25) is 0 Å². The maximum atomic E-state index is 11.6. The summed E-state index contributed by atoms with van der Waals surface area (Å²) in [4.78, 5) is 24.5. The molecule has 6 heteroatoms. The van der Waals surface area contributed by atoms with Crippen molar-refractivity contribution in [1.82, 2.24) is 10.2 Å². The van der Waals surface area contributed by atoms with E-state index in [4.69, 9.17) is 5.73 Å². The highest BCUT2D eigenvalue weighted by atomic mass is 16.5. The molecule has 1 aliphatic rings. The standard InChI is InChI=1S/C13H17N3O3/c1-19-13(18)15-12(17)8-16-6-5-10-9(7-16)3-2-4-11(10)14/h2-4H,5-8,14H2,1H3,(H,15,17,18). The number of fused-ring (bicyclic) bond motifs is 1. The molecule has 6 nitrogen and oxygen atoms in total. The van der Waals surface area contributed by atoms with Gasteiger partial charge in [0.15, 0.2) is 0 Å². The number of amides is 2. The van der Waals surface area contributed by atoms with Crippen LogP contribution in [-0.4, -0.2) is 37.1 Å². The normalized spacial score (nSPS) is 14.6. The highest BCUT2D eigenvalue weighted by Crippen LogP contribution is 2.23. The Morgan fingerprint density at radius 2 is 2.26 bits per heavy atom. The second-order valence-corrected chi connectivity index (χ2v) is 4.49. The van der Waals surface area contributed by atoms with Gasteiger partial charge in [0, 0.05) is 18.8 Å². The Morgan fingerprint density at radius 3 is 3.00 bits per heavy atom. The van der Waals surface area contributed by atoms with E-state index in [1.165, 1.54) is 7.11 Å². The Balaban J connectivity index is 1.95. The molecule has 0 spiro atoms. The van der Waals surface area contributed by atoms with Crippen LogP contribution in [0.1, 0.15) is 11.1 Å². The zero-order chi connectivity index (χ0) is 13.8. The van der Waals surface area contributed by atoms with Crippen molar-refractivity contribution in [3.05, 3.63) is 29.3 Å². The molecular formula is C13H17N3O3. The van der Waals surface area contributed by atoms with E-state index in [1.54, 1.807) is 0 Å². The minimum atomic E-state index is -0.730. The van der Waals surface area contributed by atoms with Gasteiger partial charge >= 0.3 is 6.09 Å². The van der Waals surface area contributed by atoms with Gasteiger partial charge in [-0.05, 0) is 23.6 Å². The fourth-order valence-electron chi connectivity index (χ4n) is 2.24. The molecule has 0 unspecified atom stereocenters.